The highest BCUT2D eigenvalue weighted by Gasteiger charge is 2.28. The molecule has 0 aliphatic heterocycles. The van der Waals surface area contributed by atoms with Crippen LogP contribution in [0.25, 0.3) is 0 Å². The maximum atomic E-state index is 12.4. The highest BCUT2D eigenvalue weighted by Crippen LogP contribution is 2.16. The molecule has 0 aromatic heterocycles. The van der Waals surface area contributed by atoms with Crippen LogP contribution in [0.2, 0.25) is 0 Å². The van der Waals surface area contributed by atoms with Crippen molar-refractivity contribution in [3.05, 3.63) is 24.3 Å². The molecule has 1 amide bonds. The molecule has 0 aliphatic carbocycles. The van der Waals surface area contributed by atoms with Crippen LogP contribution >= 0.6 is 0 Å². The number of carbonyl (C=O) groups is 1. The van der Waals surface area contributed by atoms with E-state index in [1.165, 1.54) is 148 Å². The average molecular weight is 680 g/mol. The number of rotatable bonds is 37. The molecule has 284 valence electrons. The second-order valence-electron chi connectivity index (χ2n) is 14.3. The lowest BCUT2D eigenvalue weighted by Gasteiger charge is -2.27. The molecule has 0 rings (SSSR count). The zero-order valence-corrected chi connectivity index (χ0v) is 31.7. The third kappa shape index (κ3) is 30.8. The van der Waals surface area contributed by atoms with Crippen LogP contribution < -0.4 is 5.32 Å². The normalized spacial score (nSPS) is 14.5. The molecule has 0 aliphatic rings. The Bertz CT molecular complexity index is 727. The Kier molecular flexibility index (Phi) is 36.1. The molecular weight excluding hydrogens is 598 g/mol. The van der Waals surface area contributed by atoms with E-state index in [1.807, 2.05) is 6.08 Å². The first-order chi connectivity index (χ1) is 23.5. The quantitative estimate of drug-likeness (QED) is 0.0332. The Morgan fingerprint density at radius 3 is 1.38 bits per heavy atom. The lowest BCUT2D eigenvalue weighted by Crippen LogP contribution is -2.53. The number of aliphatic hydroxyl groups excluding tert-OH is 4. The largest absolute Gasteiger partial charge is 0.394 e. The minimum absolute atomic E-state index is 0.160. The van der Waals surface area contributed by atoms with Gasteiger partial charge >= 0.3 is 0 Å². The van der Waals surface area contributed by atoms with Gasteiger partial charge in [0.25, 0.3) is 0 Å². The van der Waals surface area contributed by atoms with Gasteiger partial charge in [0.05, 0.1) is 18.8 Å². The average Bonchev–Trinajstić information content (AvgIpc) is 3.09. The number of unbranched alkanes of at least 4 members (excludes halogenated alkanes) is 25. The number of allylic oxidation sites excluding steroid dienone is 3. The van der Waals surface area contributed by atoms with Crippen LogP contribution in [0.15, 0.2) is 24.3 Å². The van der Waals surface area contributed by atoms with E-state index in [9.17, 15) is 25.2 Å². The van der Waals surface area contributed by atoms with Crippen molar-refractivity contribution in [2.75, 3.05) is 6.61 Å². The van der Waals surface area contributed by atoms with Crippen molar-refractivity contribution in [2.24, 2.45) is 0 Å². The first-order valence-electron chi connectivity index (χ1n) is 20.7. The Hall–Kier alpha value is -1.21. The summed E-state index contributed by atoms with van der Waals surface area (Å²) in [4.78, 5) is 12.4. The molecule has 0 aromatic carbocycles. The molecule has 0 radical (unpaired) electrons. The maximum Gasteiger partial charge on any atom is 0.249 e. The molecule has 0 spiro atoms. The molecule has 6 nitrogen and oxygen atoms in total. The first-order valence-corrected chi connectivity index (χ1v) is 20.7. The van der Waals surface area contributed by atoms with Gasteiger partial charge in [-0.3, -0.25) is 4.79 Å². The Morgan fingerprint density at radius 1 is 0.542 bits per heavy atom. The second kappa shape index (κ2) is 37.1. The maximum absolute atomic E-state index is 12.4. The fourth-order valence-corrected chi connectivity index (χ4v) is 6.33. The monoisotopic (exact) mass is 680 g/mol. The molecule has 48 heavy (non-hydrogen) atoms. The van der Waals surface area contributed by atoms with Crippen molar-refractivity contribution in [3.63, 3.8) is 0 Å². The zero-order valence-electron chi connectivity index (χ0n) is 31.7. The second-order valence-corrected chi connectivity index (χ2v) is 14.3. The Morgan fingerprint density at radius 2 is 0.938 bits per heavy atom. The number of carbonyl (C=O) groups excluding carboxylic acids is 1. The van der Waals surface area contributed by atoms with E-state index in [0.29, 0.717) is 6.42 Å². The molecule has 0 bridgehead atoms. The van der Waals surface area contributed by atoms with E-state index >= 15 is 0 Å². The predicted octanol–water partition coefficient (Wildman–Crippen LogP) is 10.4. The molecule has 6 heteroatoms. The highest BCUT2D eigenvalue weighted by molar-refractivity contribution is 5.81. The van der Waals surface area contributed by atoms with Gasteiger partial charge in [-0.2, -0.15) is 0 Å². The van der Waals surface area contributed by atoms with Gasteiger partial charge in [0.1, 0.15) is 12.2 Å². The fraction of sp³-hybridized carbons (Fsp3) is 0.881. The molecule has 0 aromatic rings. The number of hydrogen-bond donors (Lipinski definition) is 5. The van der Waals surface area contributed by atoms with Gasteiger partial charge in [-0.15, -0.1) is 0 Å². The lowest BCUT2D eigenvalue weighted by molar-refractivity contribution is -0.132. The van der Waals surface area contributed by atoms with Crippen molar-refractivity contribution in [3.8, 4) is 0 Å². The van der Waals surface area contributed by atoms with Crippen LogP contribution in [0.5, 0.6) is 0 Å². The van der Waals surface area contributed by atoms with E-state index in [-0.39, 0.29) is 6.42 Å². The van der Waals surface area contributed by atoms with E-state index in [0.717, 1.165) is 32.1 Å². The van der Waals surface area contributed by atoms with Crippen molar-refractivity contribution in [1.82, 2.24) is 5.32 Å². The summed E-state index contributed by atoms with van der Waals surface area (Å²) in [5, 5.41) is 43.4. The SMILES string of the molecule is CCCCCCCC/C=C\C/C=C\CC(O)C(=O)NC(CO)C(O)C(O)CCCCCCCCCCCCCCCCCCCCCC. The Labute approximate surface area is 297 Å². The molecular formula is C42H81NO5. The molecule has 0 fully saturated rings. The van der Waals surface area contributed by atoms with Crippen molar-refractivity contribution in [1.29, 1.82) is 0 Å². The number of hydrogen-bond acceptors (Lipinski definition) is 5. The molecule has 0 heterocycles. The van der Waals surface area contributed by atoms with Gasteiger partial charge in [-0.05, 0) is 25.7 Å². The molecule has 5 N–H and O–H groups in total. The van der Waals surface area contributed by atoms with Gasteiger partial charge in [0.2, 0.25) is 5.91 Å². The van der Waals surface area contributed by atoms with Crippen molar-refractivity contribution < 1.29 is 25.2 Å². The first kappa shape index (κ1) is 46.8. The van der Waals surface area contributed by atoms with E-state index in [1.54, 1.807) is 6.08 Å². The van der Waals surface area contributed by atoms with Crippen LogP contribution in [-0.4, -0.2) is 57.3 Å². The van der Waals surface area contributed by atoms with E-state index < -0.39 is 36.9 Å². The van der Waals surface area contributed by atoms with Crippen LogP contribution in [0.3, 0.4) is 0 Å². The summed E-state index contributed by atoms with van der Waals surface area (Å²) >= 11 is 0. The third-order valence-corrected chi connectivity index (χ3v) is 9.68. The van der Waals surface area contributed by atoms with Crippen LogP contribution in [0.1, 0.15) is 206 Å². The minimum atomic E-state index is -1.28. The predicted molar refractivity (Wildman–Crippen MR) is 205 cm³/mol. The summed E-state index contributed by atoms with van der Waals surface area (Å²) in [5.41, 5.74) is 0. The number of aliphatic hydroxyl groups is 4. The fourth-order valence-electron chi connectivity index (χ4n) is 6.33. The smallest absolute Gasteiger partial charge is 0.249 e. The van der Waals surface area contributed by atoms with Gasteiger partial charge in [-0.1, -0.05) is 199 Å². The third-order valence-electron chi connectivity index (χ3n) is 9.68. The van der Waals surface area contributed by atoms with Gasteiger partial charge in [-0.25, -0.2) is 0 Å². The summed E-state index contributed by atoms with van der Waals surface area (Å²) in [6.45, 7) is 4.00. The van der Waals surface area contributed by atoms with Crippen LogP contribution in [-0.2, 0) is 4.79 Å². The van der Waals surface area contributed by atoms with Crippen LogP contribution in [0.4, 0.5) is 0 Å². The number of nitrogens with one attached hydrogen (secondary N) is 1. The lowest BCUT2D eigenvalue weighted by atomic mass is 9.99. The van der Waals surface area contributed by atoms with E-state index in [4.69, 9.17) is 0 Å². The van der Waals surface area contributed by atoms with Crippen molar-refractivity contribution >= 4 is 5.91 Å². The molecule has 4 unspecified atom stereocenters. The summed E-state index contributed by atoms with van der Waals surface area (Å²) in [6, 6.07) is -1.01. The summed E-state index contributed by atoms with van der Waals surface area (Å²) in [7, 11) is 0. The summed E-state index contributed by atoms with van der Waals surface area (Å²) < 4.78 is 0. The van der Waals surface area contributed by atoms with Gasteiger partial charge < -0.3 is 25.7 Å². The van der Waals surface area contributed by atoms with Gasteiger partial charge in [0, 0.05) is 6.42 Å². The standard InChI is InChI=1S/C42H81NO5/c1-3-5-7-9-11-13-15-17-18-19-20-21-22-23-24-26-27-29-31-33-35-39(45)41(47)38(37-44)43-42(48)40(46)36-34-32-30-28-25-16-14-12-10-8-6-4-2/h25,28,32,34,38-41,44-47H,3-24,26-27,29-31,33,35-37H2,1-2H3,(H,43,48)/b28-25-,34-32-. The van der Waals surface area contributed by atoms with Crippen LogP contribution in [0, 0.1) is 0 Å². The minimum Gasteiger partial charge on any atom is -0.394 e. The summed E-state index contributed by atoms with van der Waals surface area (Å²) in [6.07, 6.45) is 40.8. The van der Waals surface area contributed by atoms with Crippen molar-refractivity contribution in [2.45, 2.75) is 231 Å². The Balaban J connectivity index is 3.78. The number of amides is 1. The highest BCUT2D eigenvalue weighted by atomic mass is 16.3. The molecule has 0 saturated carbocycles. The molecule has 4 atom stereocenters. The zero-order chi connectivity index (χ0) is 35.3. The van der Waals surface area contributed by atoms with Gasteiger partial charge in [0.15, 0.2) is 0 Å². The summed E-state index contributed by atoms with van der Waals surface area (Å²) in [5.74, 6) is -0.651. The van der Waals surface area contributed by atoms with E-state index in [2.05, 4.69) is 31.3 Å². The molecule has 0 saturated heterocycles. The topological polar surface area (TPSA) is 110 Å².